The fourth-order valence-electron chi connectivity index (χ4n) is 1.00. The molecule has 13 heavy (non-hydrogen) atoms. The van der Waals surface area contributed by atoms with E-state index in [0.717, 1.165) is 5.82 Å². The van der Waals surface area contributed by atoms with E-state index in [4.69, 9.17) is 21.7 Å². The molecule has 1 N–H and O–H groups in total. The van der Waals surface area contributed by atoms with Gasteiger partial charge in [-0.2, -0.15) is 5.10 Å². The van der Waals surface area contributed by atoms with Crippen LogP contribution in [0.2, 0.25) is 0 Å². The van der Waals surface area contributed by atoms with Crippen molar-refractivity contribution in [3.05, 3.63) is 10.6 Å². The summed E-state index contributed by atoms with van der Waals surface area (Å²) in [5, 5.41) is 6.73. The molecule has 0 bridgehead atoms. The molecule has 1 aromatic rings. The normalized spacial score (nSPS) is 10.6. The summed E-state index contributed by atoms with van der Waals surface area (Å²) in [6, 6.07) is 0. The SMILES string of the molecule is COCCn1c(COC)n[nH]c1=S. The minimum Gasteiger partial charge on any atom is -0.383 e. The molecule has 0 spiro atoms. The zero-order valence-electron chi connectivity index (χ0n) is 7.74. The number of methoxy groups -OCH3 is 2. The van der Waals surface area contributed by atoms with Crippen LogP contribution < -0.4 is 0 Å². The minimum atomic E-state index is 0.455. The van der Waals surface area contributed by atoms with E-state index in [2.05, 4.69) is 10.2 Å². The maximum atomic E-state index is 5.03. The maximum Gasteiger partial charge on any atom is 0.195 e. The highest BCUT2D eigenvalue weighted by atomic mass is 32.1. The number of H-pyrrole nitrogens is 1. The molecular formula is C7H13N3O2S. The molecule has 0 aliphatic rings. The van der Waals surface area contributed by atoms with Gasteiger partial charge in [-0.1, -0.05) is 0 Å². The fraction of sp³-hybridized carbons (Fsp3) is 0.714. The minimum absolute atomic E-state index is 0.455. The Bertz CT molecular complexity index is 307. The van der Waals surface area contributed by atoms with Gasteiger partial charge in [0.05, 0.1) is 13.2 Å². The standard InChI is InChI=1S/C7H13N3O2S/c1-11-4-3-10-6(5-12-2)8-9-7(10)13/h3-5H2,1-2H3,(H,9,13). The number of hydrogen-bond acceptors (Lipinski definition) is 4. The van der Waals surface area contributed by atoms with Crippen molar-refractivity contribution in [3.63, 3.8) is 0 Å². The lowest BCUT2D eigenvalue weighted by molar-refractivity contribution is 0.162. The smallest absolute Gasteiger partial charge is 0.195 e. The van der Waals surface area contributed by atoms with Crippen molar-refractivity contribution in [2.45, 2.75) is 13.2 Å². The van der Waals surface area contributed by atoms with E-state index in [9.17, 15) is 0 Å². The van der Waals surface area contributed by atoms with Crippen LogP contribution in [0.15, 0.2) is 0 Å². The molecule has 0 unspecified atom stereocenters. The van der Waals surface area contributed by atoms with Crippen LogP contribution in [0.4, 0.5) is 0 Å². The van der Waals surface area contributed by atoms with Crippen LogP contribution in [-0.4, -0.2) is 35.6 Å². The molecule has 74 valence electrons. The van der Waals surface area contributed by atoms with Crippen molar-refractivity contribution in [2.24, 2.45) is 0 Å². The van der Waals surface area contributed by atoms with Gasteiger partial charge in [0.25, 0.3) is 0 Å². The first-order valence-corrected chi connectivity index (χ1v) is 4.32. The number of nitrogens with zero attached hydrogens (tertiary/aromatic N) is 2. The van der Waals surface area contributed by atoms with Gasteiger partial charge in [-0.25, -0.2) is 0 Å². The Morgan fingerprint density at radius 1 is 1.46 bits per heavy atom. The van der Waals surface area contributed by atoms with Crippen molar-refractivity contribution in [1.29, 1.82) is 0 Å². The van der Waals surface area contributed by atoms with Gasteiger partial charge in [0.2, 0.25) is 0 Å². The van der Waals surface area contributed by atoms with E-state index in [1.165, 1.54) is 0 Å². The Kier molecular flexibility index (Phi) is 4.07. The molecule has 0 fully saturated rings. The van der Waals surface area contributed by atoms with Gasteiger partial charge in [-0.3, -0.25) is 9.67 Å². The Hall–Kier alpha value is -0.720. The third-order valence-corrected chi connectivity index (χ3v) is 1.94. The van der Waals surface area contributed by atoms with Gasteiger partial charge in [-0.15, -0.1) is 0 Å². The van der Waals surface area contributed by atoms with E-state index in [1.807, 2.05) is 4.57 Å². The lowest BCUT2D eigenvalue weighted by atomic mass is 10.6. The van der Waals surface area contributed by atoms with Gasteiger partial charge in [0.15, 0.2) is 10.6 Å². The summed E-state index contributed by atoms with van der Waals surface area (Å²) in [7, 11) is 3.28. The van der Waals surface area contributed by atoms with Crippen molar-refractivity contribution < 1.29 is 9.47 Å². The summed E-state index contributed by atoms with van der Waals surface area (Å²) in [4.78, 5) is 0. The molecule has 1 aromatic heterocycles. The van der Waals surface area contributed by atoms with Crippen LogP contribution in [0.25, 0.3) is 0 Å². The molecule has 0 atom stereocenters. The van der Waals surface area contributed by atoms with Gasteiger partial charge in [-0.05, 0) is 12.2 Å². The number of aromatic amines is 1. The van der Waals surface area contributed by atoms with Gasteiger partial charge in [0, 0.05) is 14.2 Å². The Morgan fingerprint density at radius 3 is 2.85 bits per heavy atom. The Balaban J connectivity index is 2.75. The predicted octanol–water partition coefficient (Wildman–Crippen LogP) is 0.733. The van der Waals surface area contributed by atoms with Crippen LogP contribution in [0.3, 0.4) is 0 Å². The highest BCUT2D eigenvalue weighted by Gasteiger charge is 2.04. The number of aromatic nitrogens is 3. The van der Waals surface area contributed by atoms with Crippen molar-refractivity contribution in [3.8, 4) is 0 Å². The first kappa shape index (κ1) is 10.4. The molecule has 0 aromatic carbocycles. The molecular weight excluding hydrogens is 190 g/mol. The third kappa shape index (κ3) is 2.61. The van der Waals surface area contributed by atoms with E-state index >= 15 is 0 Å². The molecule has 6 heteroatoms. The maximum absolute atomic E-state index is 5.03. The highest BCUT2D eigenvalue weighted by molar-refractivity contribution is 7.71. The van der Waals surface area contributed by atoms with E-state index in [-0.39, 0.29) is 0 Å². The summed E-state index contributed by atoms with van der Waals surface area (Å²) >= 11 is 5.03. The lowest BCUT2D eigenvalue weighted by Gasteiger charge is -2.04. The summed E-state index contributed by atoms with van der Waals surface area (Å²) in [6.07, 6.45) is 0. The number of ether oxygens (including phenoxy) is 2. The number of rotatable bonds is 5. The second-order valence-electron chi connectivity index (χ2n) is 2.52. The second-order valence-corrected chi connectivity index (χ2v) is 2.91. The Labute approximate surface area is 81.7 Å². The average Bonchev–Trinajstić information content (AvgIpc) is 2.45. The van der Waals surface area contributed by atoms with Crippen LogP contribution >= 0.6 is 12.2 Å². The molecule has 0 aliphatic heterocycles. The van der Waals surface area contributed by atoms with E-state index < -0.39 is 0 Å². The molecule has 0 radical (unpaired) electrons. The summed E-state index contributed by atoms with van der Waals surface area (Å²) in [5.74, 6) is 0.796. The number of nitrogens with one attached hydrogen (secondary N) is 1. The van der Waals surface area contributed by atoms with Crippen molar-refractivity contribution in [2.75, 3.05) is 20.8 Å². The highest BCUT2D eigenvalue weighted by Crippen LogP contribution is 1.99. The van der Waals surface area contributed by atoms with E-state index in [0.29, 0.717) is 24.5 Å². The van der Waals surface area contributed by atoms with Gasteiger partial charge < -0.3 is 9.47 Å². The lowest BCUT2D eigenvalue weighted by Crippen LogP contribution is -2.09. The average molecular weight is 203 g/mol. The summed E-state index contributed by atoms with van der Waals surface area (Å²) in [6.45, 7) is 1.77. The van der Waals surface area contributed by atoms with Crippen LogP contribution in [0, 0.1) is 4.77 Å². The molecule has 0 amide bonds. The van der Waals surface area contributed by atoms with Gasteiger partial charge >= 0.3 is 0 Å². The van der Waals surface area contributed by atoms with Crippen LogP contribution in [-0.2, 0) is 22.6 Å². The Morgan fingerprint density at radius 2 is 2.23 bits per heavy atom. The monoisotopic (exact) mass is 203 g/mol. The first-order valence-electron chi connectivity index (χ1n) is 3.91. The summed E-state index contributed by atoms with van der Waals surface area (Å²) in [5.41, 5.74) is 0. The van der Waals surface area contributed by atoms with Crippen molar-refractivity contribution in [1.82, 2.24) is 14.8 Å². The zero-order chi connectivity index (χ0) is 9.68. The third-order valence-electron chi connectivity index (χ3n) is 1.63. The quantitative estimate of drug-likeness (QED) is 0.717. The molecule has 5 nitrogen and oxygen atoms in total. The predicted molar refractivity (Wildman–Crippen MR) is 50.0 cm³/mol. The molecule has 0 saturated heterocycles. The number of hydrogen-bond donors (Lipinski definition) is 1. The second kappa shape index (κ2) is 5.11. The topological polar surface area (TPSA) is 52.1 Å². The van der Waals surface area contributed by atoms with Crippen LogP contribution in [0.1, 0.15) is 5.82 Å². The van der Waals surface area contributed by atoms with Crippen molar-refractivity contribution >= 4 is 12.2 Å². The van der Waals surface area contributed by atoms with Gasteiger partial charge in [0.1, 0.15) is 6.61 Å². The molecule has 1 rings (SSSR count). The zero-order valence-corrected chi connectivity index (χ0v) is 8.56. The first-order chi connectivity index (χ1) is 6.29. The van der Waals surface area contributed by atoms with E-state index in [1.54, 1.807) is 14.2 Å². The fourth-order valence-corrected chi connectivity index (χ4v) is 1.25. The largest absolute Gasteiger partial charge is 0.383 e. The molecule has 0 saturated carbocycles. The van der Waals surface area contributed by atoms with Crippen LogP contribution in [0.5, 0.6) is 0 Å². The molecule has 0 aliphatic carbocycles. The molecule has 1 heterocycles. The summed E-state index contributed by atoms with van der Waals surface area (Å²) < 4.78 is 12.4.